The van der Waals surface area contributed by atoms with Crippen LogP contribution in [-0.4, -0.2) is 21.6 Å². The number of oxime groups is 1. The molecular formula is C14H16BrN5O2. The molecule has 0 radical (unpaired) electrons. The summed E-state index contributed by atoms with van der Waals surface area (Å²) in [5, 5.41) is 7.79. The lowest BCUT2D eigenvalue weighted by Gasteiger charge is -2.07. The summed E-state index contributed by atoms with van der Waals surface area (Å²) in [7, 11) is 0. The van der Waals surface area contributed by atoms with Crippen molar-refractivity contribution in [3.05, 3.63) is 45.7 Å². The molecule has 0 aliphatic carbocycles. The third-order valence-electron chi connectivity index (χ3n) is 3.08. The first-order chi connectivity index (χ1) is 10.4. The molecule has 116 valence electrons. The Hall–Kier alpha value is -2.35. The van der Waals surface area contributed by atoms with Crippen molar-refractivity contribution >= 4 is 33.4 Å². The molecule has 1 aromatic heterocycles. The lowest BCUT2D eigenvalue weighted by Crippen LogP contribution is -2.18. The highest BCUT2D eigenvalue weighted by molar-refractivity contribution is 9.10. The maximum absolute atomic E-state index is 11.7. The largest absolute Gasteiger partial charge is 0.398 e. The number of nitrogens with two attached hydrogens (primary N) is 2. The van der Waals surface area contributed by atoms with Crippen LogP contribution in [0, 0.1) is 13.8 Å². The van der Waals surface area contributed by atoms with Crippen LogP contribution in [0.4, 0.5) is 5.69 Å². The van der Waals surface area contributed by atoms with Crippen LogP contribution in [0.5, 0.6) is 0 Å². The zero-order valence-electron chi connectivity index (χ0n) is 12.2. The zero-order valence-corrected chi connectivity index (χ0v) is 13.8. The summed E-state index contributed by atoms with van der Waals surface area (Å²) >= 11 is 3.32. The van der Waals surface area contributed by atoms with E-state index in [0.29, 0.717) is 11.3 Å². The molecule has 0 unspecified atom stereocenters. The minimum atomic E-state index is -0.570. The number of aromatic nitrogens is 2. The summed E-state index contributed by atoms with van der Waals surface area (Å²) in [5.74, 6) is -0.476. The molecule has 0 spiro atoms. The number of hydrogen-bond donors (Lipinski definition) is 2. The number of hydrogen-bond acceptors (Lipinski definition) is 5. The zero-order chi connectivity index (χ0) is 16.3. The number of carbonyl (C=O) groups is 1. The Balaban J connectivity index is 2.04. The van der Waals surface area contributed by atoms with Gasteiger partial charge in [0.1, 0.15) is 6.54 Å². The standard InChI is InChI=1S/C14H16BrN5O2/c1-8-10(4-3-5-12(8)16)14(17)19-22-13(21)7-20-6-11(15)9(2)18-20/h3-6H,7,16H2,1-2H3,(H2,17,19). The average molecular weight is 366 g/mol. The van der Waals surface area contributed by atoms with Crippen molar-refractivity contribution in [2.24, 2.45) is 10.9 Å². The summed E-state index contributed by atoms with van der Waals surface area (Å²) in [4.78, 5) is 16.5. The van der Waals surface area contributed by atoms with Gasteiger partial charge in [0.25, 0.3) is 0 Å². The van der Waals surface area contributed by atoms with Gasteiger partial charge in [0, 0.05) is 17.4 Å². The molecule has 0 atom stereocenters. The van der Waals surface area contributed by atoms with E-state index in [1.54, 1.807) is 24.4 Å². The minimum Gasteiger partial charge on any atom is -0.398 e. The molecule has 2 aromatic rings. The van der Waals surface area contributed by atoms with Gasteiger partial charge in [0.05, 0.1) is 10.2 Å². The van der Waals surface area contributed by atoms with Gasteiger partial charge in [0.15, 0.2) is 5.84 Å². The lowest BCUT2D eigenvalue weighted by atomic mass is 10.1. The molecule has 2 rings (SSSR count). The van der Waals surface area contributed by atoms with E-state index >= 15 is 0 Å². The minimum absolute atomic E-state index is 0.0564. The summed E-state index contributed by atoms with van der Waals surface area (Å²) in [6.45, 7) is 3.59. The number of rotatable bonds is 4. The van der Waals surface area contributed by atoms with E-state index in [2.05, 4.69) is 26.2 Å². The Bertz CT molecular complexity index is 719. The highest BCUT2D eigenvalue weighted by atomic mass is 79.9. The molecule has 1 aromatic carbocycles. The van der Waals surface area contributed by atoms with Crippen LogP contribution in [0.25, 0.3) is 0 Å². The highest BCUT2D eigenvalue weighted by Gasteiger charge is 2.10. The topological polar surface area (TPSA) is 109 Å². The third-order valence-corrected chi connectivity index (χ3v) is 3.85. The van der Waals surface area contributed by atoms with Crippen LogP contribution in [0.2, 0.25) is 0 Å². The van der Waals surface area contributed by atoms with Crippen molar-refractivity contribution in [1.29, 1.82) is 0 Å². The molecule has 0 aliphatic heterocycles. The van der Waals surface area contributed by atoms with Crippen molar-refractivity contribution < 1.29 is 9.63 Å². The maximum atomic E-state index is 11.7. The van der Waals surface area contributed by atoms with Gasteiger partial charge in [-0.05, 0) is 41.4 Å². The molecule has 8 heteroatoms. The Morgan fingerprint density at radius 3 is 2.82 bits per heavy atom. The Kier molecular flexibility index (Phi) is 4.81. The van der Waals surface area contributed by atoms with Crippen molar-refractivity contribution in [3.63, 3.8) is 0 Å². The Morgan fingerprint density at radius 1 is 1.45 bits per heavy atom. The smallest absolute Gasteiger partial charge is 0.356 e. The number of halogens is 1. The van der Waals surface area contributed by atoms with E-state index in [0.717, 1.165) is 15.7 Å². The second-order valence-electron chi connectivity index (χ2n) is 4.72. The molecule has 0 fully saturated rings. The van der Waals surface area contributed by atoms with Gasteiger partial charge >= 0.3 is 5.97 Å². The summed E-state index contributed by atoms with van der Waals surface area (Å²) in [5.41, 5.74) is 14.4. The van der Waals surface area contributed by atoms with Crippen LogP contribution in [-0.2, 0) is 16.2 Å². The van der Waals surface area contributed by atoms with Crippen LogP contribution in [0.1, 0.15) is 16.8 Å². The van der Waals surface area contributed by atoms with Gasteiger partial charge in [-0.3, -0.25) is 4.68 Å². The molecule has 0 saturated carbocycles. The number of anilines is 1. The molecular weight excluding hydrogens is 350 g/mol. The summed E-state index contributed by atoms with van der Waals surface area (Å²) in [6.07, 6.45) is 1.69. The van der Waals surface area contributed by atoms with Crippen molar-refractivity contribution in [1.82, 2.24) is 9.78 Å². The Labute approximate surface area is 136 Å². The van der Waals surface area contributed by atoms with E-state index < -0.39 is 5.97 Å². The van der Waals surface area contributed by atoms with Crippen molar-refractivity contribution in [2.45, 2.75) is 20.4 Å². The molecule has 4 N–H and O–H groups in total. The second-order valence-corrected chi connectivity index (χ2v) is 5.57. The second kappa shape index (κ2) is 6.61. The molecule has 7 nitrogen and oxygen atoms in total. The van der Waals surface area contributed by atoms with E-state index in [4.69, 9.17) is 16.3 Å². The summed E-state index contributed by atoms with van der Waals surface area (Å²) in [6, 6.07) is 5.27. The molecule has 0 bridgehead atoms. The first kappa shape index (κ1) is 16.0. The first-order valence-corrected chi connectivity index (χ1v) is 7.26. The van der Waals surface area contributed by atoms with Crippen LogP contribution < -0.4 is 11.5 Å². The first-order valence-electron chi connectivity index (χ1n) is 6.47. The predicted molar refractivity (Wildman–Crippen MR) is 87.1 cm³/mol. The number of nitrogens with zero attached hydrogens (tertiary/aromatic N) is 3. The number of carbonyl (C=O) groups excluding carboxylic acids is 1. The highest BCUT2D eigenvalue weighted by Crippen LogP contribution is 2.15. The fraction of sp³-hybridized carbons (Fsp3) is 0.214. The third kappa shape index (κ3) is 3.64. The maximum Gasteiger partial charge on any atom is 0.356 e. The number of amidine groups is 1. The van der Waals surface area contributed by atoms with Gasteiger partial charge < -0.3 is 16.3 Å². The van der Waals surface area contributed by atoms with Crippen molar-refractivity contribution in [3.8, 4) is 0 Å². The number of aryl methyl sites for hydroxylation is 1. The van der Waals surface area contributed by atoms with Crippen LogP contribution in [0.3, 0.4) is 0 Å². The molecule has 0 amide bonds. The predicted octanol–water partition coefficient (Wildman–Crippen LogP) is 1.71. The molecule has 0 saturated heterocycles. The van der Waals surface area contributed by atoms with Crippen molar-refractivity contribution in [2.75, 3.05) is 5.73 Å². The van der Waals surface area contributed by atoms with Gasteiger partial charge in [-0.2, -0.15) is 5.10 Å². The van der Waals surface area contributed by atoms with E-state index in [1.165, 1.54) is 4.68 Å². The van der Waals surface area contributed by atoms with Gasteiger partial charge in [-0.15, -0.1) is 0 Å². The normalized spacial score (nSPS) is 11.5. The molecule has 1 heterocycles. The van der Waals surface area contributed by atoms with E-state index in [9.17, 15) is 4.79 Å². The monoisotopic (exact) mass is 365 g/mol. The van der Waals surface area contributed by atoms with Crippen LogP contribution in [0.15, 0.2) is 34.0 Å². The van der Waals surface area contributed by atoms with Gasteiger partial charge in [-0.25, -0.2) is 4.79 Å². The lowest BCUT2D eigenvalue weighted by molar-refractivity contribution is -0.144. The summed E-state index contributed by atoms with van der Waals surface area (Å²) < 4.78 is 2.28. The molecule has 0 aliphatic rings. The van der Waals surface area contributed by atoms with E-state index in [1.807, 2.05) is 13.8 Å². The van der Waals surface area contributed by atoms with Gasteiger partial charge in [0.2, 0.25) is 0 Å². The number of nitrogen functional groups attached to an aromatic ring is 1. The van der Waals surface area contributed by atoms with E-state index in [-0.39, 0.29) is 12.4 Å². The SMILES string of the molecule is Cc1nn(CC(=O)O/N=C(\N)c2cccc(N)c2C)cc1Br. The average Bonchev–Trinajstić information content (AvgIpc) is 2.77. The fourth-order valence-electron chi connectivity index (χ4n) is 1.82. The van der Waals surface area contributed by atoms with Crippen LogP contribution >= 0.6 is 15.9 Å². The fourth-order valence-corrected chi connectivity index (χ4v) is 2.13. The van der Waals surface area contributed by atoms with Gasteiger partial charge in [-0.1, -0.05) is 17.3 Å². The molecule has 22 heavy (non-hydrogen) atoms. The quantitative estimate of drug-likeness (QED) is 0.282. The Morgan fingerprint density at radius 2 is 2.18 bits per heavy atom. The number of benzene rings is 1.